The summed E-state index contributed by atoms with van der Waals surface area (Å²) < 4.78 is 2.42. The summed E-state index contributed by atoms with van der Waals surface area (Å²) in [5.74, 6) is 0.772. The van der Waals surface area contributed by atoms with Gasteiger partial charge in [-0.15, -0.1) is 0 Å². The predicted octanol–water partition coefficient (Wildman–Crippen LogP) is 2.97. The number of anilines is 1. The smallest absolute Gasteiger partial charge is 0.255 e. The summed E-state index contributed by atoms with van der Waals surface area (Å²) in [4.78, 5) is 9.28. The van der Waals surface area contributed by atoms with Gasteiger partial charge in [0.25, 0.3) is 8.24 Å². The molecule has 4 aromatic rings. The number of nitrogens with zero attached hydrogens (tertiary/aromatic N) is 3. The van der Waals surface area contributed by atoms with E-state index in [1.54, 1.807) is 0 Å². The van der Waals surface area contributed by atoms with E-state index in [0.29, 0.717) is 0 Å². The third-order valence-corrected chi connectivity index (χ3v) is 9.92. The van der Waals surface area contributed by atoms with Crippen LogP contribution < -0.4 is 20.1 Å². The summed E-state index contributed by atoms with van der Waals surface area (Å²) in [7, 11) is -2.59. The van der Waals surface area contributed by atoms with E-state index in [4.69, 9.17) is 0 Å². The van der Waals surface area contributed by atoms with Crippen molar-refractivity contribution >= 4 is 29.7 Å². The molecule has 0 spiro atoms. The maximum Gasteiger partial charge on any atom is 0.255 e. The number of hydrogen-bond acceptors (Lipinski definition) is 3. The van der Waals surface area contributed by atoms with Gasteiger partial charge >= 0.3 is 0 Å². The Labute approximate surface area is 167 Å². The standard InChI is InChI=1S/C24H23N3Si/c1-2-27(24-25-19-12-20-26-24)28(21-13-6-3-7-14-21,22-15-8-4-9-16-22)23-17-10-5-11-18-23/h3-20H,2H2,1H3. The third kappa shape index (κ3) is 3.12. The minimum Gasteiger partial charge on any atom is -0.356 e. The van der Waals surface area contributed by atoms with E-state index < -0.39 is 8.24 Å². The predicted molar refractivity (Wildman–Crippen MR) is 119 cm³/mol. The van der Waals surface area contributed by atoms with E-state index in [1.165, 1.54) is 15.6 Å². The highest BCUT2D eigenvalue weighted by molar-refractivity contribution is 7.13. The zero-order valence-corrected chi connectivity index (χ0v) is 16.9. The van der Waals surface area contributed by atoms with Crippen LogP contribution in [-0.4, -0.2) is 24.7 Å². The van der Waals surface area contributed by atoms with Crippen molar-refractivity contribution in [3.8, 4) is 0 Å². The molecule has 0 unspecified atom stereocenters. The van der Waals surface area contributed by atoms with E-state index in [9.17, 15) is 0 Å². The van der Waals surface area contributed by atoms with Gasteiger partial charge in [0, 0.05) is 18.9 Å². The first-order chi connectivity index (χ1) is 13.9. The molecular formula is C24H23N3Si. The highest BCUT2D eigenvalue weighted by Gasteiger charge is 2.46. The van der Waals surface area contributed by atoms with Crippen molar-refractivity contribution < 1.29 is 0 Å². The molecule has 0 saturated carbocycles. The molecule has 4 heteroatoms. The largest absolute Gasteiger partial charge is 0.356 e. The molecule has 28 heavy (non-hydrogen) atoms. The molecule has 3 aromatic carbocycles. The van der Waals surface area contributed by atoms with Crippen LogP contribution >= 0.6 is 0 Å². The van der Waals surface area contributed by atoms with Crippen molar-refractivity contribution in [3.05, 3.63) is 109 Å². The second kappa shape index (κ2) is 8.19. The second-order valence-electron chi connectivity index (χ2n) is 6.60. The minimum atomic E-state index is -2.59. The van der Waals surface area contributed by atoms with Crippen molar-refractivity contribution in [3.63, 3.8) is 0 Å². The maximum atomic E-state index is 4.64. The Kier molecular flexibility index (Phi) is 5.31. The van der Waals surface area contributed by atoms with E-state index in [0.717, 1.165) is 12.5 Å². The third-order valence-electron chi connectivity index (χ3n) is 5.09. The molecule has 0 amide bonds. The number of hydrogen-bond donors (Lipinski definition) is 0. The maximum absolute atomic E-state index is 4.64. The molecule has 0 aliphatic rings. The van der Waals surface area contributed by atoms with Gasteiger partial charge in [0.1, 0.15) is 0 Å². The van der Waals surface area contributed by atoms with Crippen molar-refractivity contribution in [1.29, 1.82) is 0 Å². The van der Waals surface area contributed by atoms with Gasteiger partial charge in [-0.25, -0.2) is 9.97 Å². The van der Waals surface area contributed by atoms with Crippen molar-refractivity contribution in [1.82, 2.24) is 9.97 Å². The summed E-state index contributed by atoms with van der Waals surface area (Å²) in [5.41, 5.74) is 0. The lowest BCUT2D eigenvalue weighted by molar-refractivity contribution is 0.982. The summed E-state index contributed by atoms with van der Waals surface area (Å²) in [6.07, 6.45) is 3.65. The number of benzene rings is 3. The molecule has 3 nitrogen and oxygen atoms in total. The van der Waals surface area contributed by atoms with Crippen LogP contribution in [0, 0.1) is 0 Å². The average molecular weight is 382 g/mol. The monoisotopic (exact) mass is 381 g/mol. The molecule has 0 atom stereocenters. The van der Waals surface area contributed by atoms with Crippen LogP contribution in [0.4, 0.5) is 5.95 Å². The van der Waals surface area contributed by atoms with Crippen LogP contribution in [0.3, 0.4) is 0 Å². The van der Waals surface area contributed by atoms with Crippen LogP contribution in [-0.2, 0) is 0 Å². The number of aromatic nitrogens is 2. The van der Waals surface area contributed by atoms with Gasteiger partial charge < -0.3 is 4.57 Å². The second-order valence-corrected chi connectivity index (χ2v) is 10.3. The lowest BCUT2D eigenvalue weighted by Crippen LogP contribution is -2.78. The van der Waals surface area contributed by atoms with Gasteiger partial charge in [0.05, 0.1) is 0 Å². The summed E-state index contributed by atoms with van der Waals surface area (Å²) in [5, 5.41) is 3.96. The molecule has 0 radical (unpaired) electrons. The Balaban J connectivity index is 2.10. The Morgan fingerprint density at radius 3 is 1.36 bits per heavy atom. The number of rotatable bonds is 6. The fraction of sp³-hybridized carbons (Fsp3) is 0.0833. The van der Waals surface area contributed by atoms with Crippen molar-refractivity contribution in [2.75, 3.05) is 11.1 Å². The van der Waals surface area contributed by atoms with E-state index in [1.807, 2.05) is 18.5 Å². The summed E-state index contributed by atoms with van der Waals surface area (Å²) >= 11 is 0. The normalized spacial score (nSPS) is 11.2. The Morgan fingerprint density at radius 1 is 0.607 bits per heavy atom. The Bertz CT molecular complexity index is 896. The van der Waals surface area contributed by atoms with Crippen LogP contribution in [0.15, 0.2) is 109 Å². The fourth-order valence-corrected chi connectivity index (χ4v) is 8.81. The Morgan fingerprint density at radius 2 is 1.00 bits per heavy atom. The molecule has 138 valence electrons. The zero-order chi connectivity index (χ0) is 19.2. The van der Waals surface area contributed by atoms with Gasteiger partial charge in [-0.3, -0.25) is 0 Å². The topological polar surface area (TPSA) is 29.0 Å². The summed E-state index contributed by atoms with van der Waals surface area (Å²) in [6, 6.07) is 34.4. The molecule has 0 aliphatic carbocycles. The molecule has 0 bridgehead atoms. The van der Waals surface area contributed by atoms with Gasteiger partial charge in [0.2, 0.25) is 5.95 Å². The van der Waals surface area contributed by atoms with Crippen LogP contribution in [0.1, 0.15) is 6.92 Å². The van der Waals surface area contributed by atoms with Crippen LogP contribution in [0.2, 0.25) is 0 Å². The summed E-state index contributed by atoms with van der Waals surface area (Å²) in [6.45, 7) is 3.00. The highest BCUT2D eigenvalue weighted by Crippen LogP contribution is 2.18. The van der Waals surface area contributed by atoms with Gasteiger partial charge in [-0.2, -0.15) is 0 Å². The lowest BCUT2D eigenvalue weighted by atomic mass is 10.3. The highest BCUT2D eigenvalue weighted by atomic mass is 28.3. The average Bonchev–Trinajstić information content (AvgIpc) is 2.80. The van der Waals surface area contributed by atoms with E-state index in [-0.39, 0.29) is 0 Å². The quantitative estimate of drug-likeness (QED) is 0.380. The first-order valence-corrected chi connectivity index (χ1v) is 11.5. The molecule has 0 fully saturated rings. The first kappa shape index (κ1) is 18.1. The molecule has 0 saturated heterocycles. The van der Waals surface area contributed by atoms with Gasteiger partial charge in [-0.05, 0) is 28.6 Å². The van der Waals surface area contributed by atoms with Crippen LogP contribution in [0.25, 0.3) is 0 Å². The molecule has 1 aromatic heterocycles. The SMILES string of the molecule is CCN(c1ncccn1)[Si](c1ccccc1)(c1ccccc1)c1ccccc1. The van der Waals surface area contributed by atoms with Crippen LogP contribution in [0.5, 0.6) is 0 Å². The minimum absolute atomic E-state index is 0.772. The van der Waals surface area contributed by atoms with Crippen molar-refractivity contribution in [2.24, 2.45) is 0 Å². The first-order valence-electron chi connectivity index (χ1n) is 9.58. The molecule has 0 N–H and O–H groups in total. The van der Waals surface area contributed by atoms with Crippen molar-refractivity contribution in [2.45, 2.75) is 6.92 Å². The van der Waals surface area contributed by atoms with Gasteiger partial charge in [-0.1, -0.05) is 91.0 Å². The van der Waals surface area contributed by atoms with E-state index >= 15 is 0 Å². The van der Waals surface area contributed by atoms with Gasteiger partial charge in [0.15, 0.2) is 0 Å². The molecular weight excluding hydrogens is 358 g/mol. The van der Waals surface area contributed by atoms with E-state index in [2.05, 4.69) is 112 Å². The Hall–Kier alpha value is -3.24. The molecule has 1 heterocycles. The molecule has 0 aliphatic heterocycles. The zero-order valence-electron chi connectivity index (χ0n) is 15.9. The fourth-order valence-electron chi connectivity index (χ4n) is 3.96. The lowest BCUT2D eigenvalue weighted by Gasteiger charge is -2.43. The molecule has 4 rings (SSSR count).